The van der Waals surface area contributed by atoms with Crippen LogP contribution >= 0.6 is 7.81 Å². The molecule has 0 aromatic heterocycles. The van der Waals surface area contributed by atoms with Crippen molar-refractivity contribution >= 4 is 19.2 Å². The Morgan fingerprint density at radius 2 is 0.825 bits per heavy atom. The third-order valence-corrected chi connectivity index (χ3v) is 5.75. The van der Waals surface area contributed by atoms with Crippen LogP contribution in [0.15, 0.2) is 48.8 Å². The van der Waals surface area contributed by atoms with Crippen molar-refractivity contribution in [2.24, 2.45) is 0 Å². The molecule has 1 heterocycles. The molecule has 3 rings (SSSR count). The molecular formula is C29H39AuF6N3P. The van der Waals surface area contributed by atoms with Gasteiger partial charge >= 0.3 is 55.4 Å². The Balaban J connectivity index is 0.00000119. The van der Waals surface area contributed by atoms with Crippen LogP contribution in [0.5, 0.6) is 0 Å². The van der Waals surface area contributed by atoms with Gasteiger partial charge in [0.15, 0.2) is 0 Å². The van der Waals surface area contributed by atoms with E-state index in [4.69, 9.17) is 5.26 Å². The second-order valence-electron chi connectivity index (χ2n) is 10.5. The topological polar surface area (TPSA) is 30.3 Å². The molecule has 1 aliphatic heterocycles. The Kier molecular flexibility index (Phi) is 13.1. The van der Waals surface area contributed by atoms with Crippen LogP contribution in [0.4, 0.5) is 36.6 Å². The van der Waals surface area contributed by atoms with Gasteiger partial charge in [-0.3, -0.25) is 0 Å². The molecule has 0 amide bonds. The van der Waals surface area contributed by atoms with Crippen LogP contribution in [0.1, 0.15) is 108 Å². The van der Waals surface area contributed by atoms with E-state index >= 15 is 0 Å². The summed E-state index contributed by atoms with van der Waals surface area (Å²) >= 11 is 0. The van der Waals surface area contributed by atoms with Gasteiger partial charge in [-0.15, -0.1) is 0 Å². The number of halogens is 6. The van der Waals surface area contributed by atoms with Gasteiger partial charge in [0.1, 0.15) is 0 Å². The molecule has 11 heteroatoms. The van der Waals surface area contributed by atoms with Crippen molar-refractivity contribution in [2.75, 3.05) is 9.80 Å². The molecule has 3 nitrogen and oxygen atoms in total. The standard InChI is InChI=1S/C27H36N2.C2H3N.Au.F6P/c1-18(2)22-11-9-12-23(19(3)4)26(22)28-15-16-29(17-28)27-24(20(5)6)13-10-14-25(27)21(7)8;1-2-3;;1-7(2,3,4,5)6/h9-16,18-21H,1-8H3;1H3;;/q;;+1;-1. The van der Waals surface area contributed by atoms with Gasteiger partial charge in [-0.1, -0.05) is 91.8 Å². The fourth-order valence-corrected chi connectivity index (χ4v) is 4.14. The van der Waals surface area contributed by atoms with E-state index in [9.17, 15) is 25.2 Å². The number of benzene rings is 2. The maximum Gasteiger partial charge on any atom is 1.00 e. The smallest absolute Gasteiger partial charge is 1.00 e. The Hall–Kier alpha value is -1.98. The summed E-state index contributed by atoms with van der Waals surface area (Å²) in [5.41, 5.74) is 8.05. The number of para-hydroxylation sites is 2. The van der Waals surface area contributed by atoms with Gasteiger partial charge in [-0.25, -0.2) is 0 Å². The molecule has 0 spiro atoms. The summed E-state index contributed by atoms with van der Waals surface area (Å²) in [5, 5.41) is 7.32. The van der Waals surface area contributed by atoms with E-state index in [0.29, 0.717) is 23.7 Å². The van der Waals surface area contributed by atoms with Crippen molar-refractivity contribution in [3.05, 3.63) is 77.7 Å². The maximum atomic E-state index is 9.87. The van der Waals surface area contributed by atoms with Crippen molar-refractivity contribution in [1.82, 2.24) is 0 Å². The number of hydrogen-bond donors (Lipinski definition) is 0. The van der Waals surface area contributed by atoms with Crippen LogP contribution in [0.2, 0.25) is 0 Å². The summed E-state index contributed by atoms with van der Waals surface area (Å²) in [7, 11) is -10.7. The molecule has 0 atom stereocenters. The fourth-order valence-electron chi connectivity index (χ4n) is 4.14. The van der Waals surface area contributed by atoms with Crippen molar-refractivity contribution in [2.45, 2.75) is 86.0 Å². The first-order chi connectivity index (χ1) is 17.6. The quantitative estimate of drug-likeness (QED) is 0.166. The molecule has 0 saturated carbocycles. The molecule has 0 aliphatic carbocycles. The van der Waals surface area contributed by atoms with E-state index in [2.05, 4.69) is 121 Å². The number of nitriles is 1. The average Bonchev–Trinajstić information content (AvgIpc) is 3.25. The van der Waals surface area contributed by atoms with Crippen LogP contribution in [-0.2, 0) is 22.4 Å². The molecule has 0 unspecified atom stereocenters. The van der Waals surface area contributed by atoms with Crippen LogP contribution in [0.25, 0.3) is 0 Å². The predicted octanol–water partition coefficient (Wildman–Crippen LogP) is 11.9. The molecular weight excluding hydrogens is 732 g/mol. The summed E-state index contributed by atoms with van der Waals surface area (Å²) < 4.78 is 59.2. The summed E-state index contributed by atoms with van der Waals surface area (Å²) in [6, 6.07) is 15.2. The van der Waals surface area contributed by atoms with E-state index in [1.165, 1.54) is 40.6 Å². The minimum Gasteiger partial charge on any atom is 1.00 e. The van der Waals surface area contributed by atoms with Gasteiger partial charge in [-0.05, 0) is 45.9 Å². The fraction of sp³-hybridized carbons (Fsp3) is 0.448. The molecule has 2 aromatic carbocycles. The molecule has 2 aromatic rings. The Bertz CT molecular complexity index is 1050. The van der Waals surface area contributed by atoms with Crippen molar-refractivity contribution in [1.29, 1.82) is 5.26 Å². The van der Waals surface area contributed by atoms with E-state index in [1.54, 1.807) is 6.07 Å². The Morgan fingerprint density at radius 3 is 1.00 bits per heavy atom. The van der Waals surface area contributed by atoms with Crippen molar-refractivity contribution < 1.29 is 47.6 Å². The summed E-state index contributed by atoms with van der Waals surface area (Å²) in [4.78, 5) is 4.40. The first-order valence-electron chi connectivity index (χ1n) is 12.7. The monoisotopic (exact) mass is 771 g/mol. The van der Waals surface area contributed by atoms with E-state index in [0.717, 1.165) is 0 Å². The third-order valence-electron chi connectivity index (χ3n) is 5.75. The normalized spacial score (nSPS) is 14.7. The third kappa shape index (κ3) is 12.7. The average molecular weight is 772 g/mol. The number of anilines is 2. The van der Waals surface area contributed by atoms with Crippen LogP contribution in [-0.4, -0.2) is 0 Å². The minimum atomic E-state index is -10.7. The van der Waals surface area contributed by atoms with Crippen LogP contribution in [0, 0.1) is 18.0 Å². The number of hydrogen-bond acceptors (Lipinski definition) is 3. The SMILES string of the molecule is CC#N.CC(C)c1cccc(C(C)C)c1N1[C]N(c2c(C(C)C)cccc2C(C)C)C=C1.F[P-](F)(F)(F)(F)F.[Au+]. The van der Waals surface area contributed by atoms with E-state index in [1.807, 2.05) is 0 Å². The summed E-state index contributed by atoms with van der Waals surface area (Å²) in [6.45, 7) is 23.2. The molecule has 40 heavy (non-hydrogen) atoms. The molecule has 0 fully saturated rings. The zero-order chi connectivity index (χ0) is 30.4. The maximum absolute atomic E-state index is 10.7. The first kappa shape index (κ1) is 38.0. The van der Waals surface area contributed by atoms with Gasteiger partial charge in [-0.2, -0.15) is 5.26 Å². The molecule has 0 bridgehead atoms. The first-order valence-corrected chi connectivity index (χ1v) is 14.8. The molecule has 0 saturated heterocycles. The number of rotatable bonds is 6. The van der Waals surface area contributed by atoms with E-state index in [-0.39, 0.29) is 22.4 Å². The molecule has 2 radical (unpaired) electrons. The summed E-state index contributed by atoms with van der Waals surface area (Å²) in [5.74, 6) is 1.84. The van der Waals surface area contributed by atoms with Crippen molar-refractivity contribution in [3.8, 4) is 6.07 Å². The van der Waals surface area contributed by atoms with Crippen molar-refractivity contribution in [3.63, 3.8) is 0 Å². The van der Waals surface area contributed by atoms with Crippen LogP contribution in [0.3, 0.4) is 0 Å². The Labute approximate surface area is 251 Å². The molecule has 1 aliphatic rings. The summed E-state index contributed by atoms with van der Waals surface area (Å²) in [6.07, 6.45) is 4.32. The molecule has 228 valence electrons. The number of nitrogens with zero attached hydrogens (tertiary/aromatic N) is 3. The van der Waals surface area contributed by atoms with E-state index < -0.39 is 7.81 Å². The molecule has 0 N–H and O–H groups in total. The Morgan fingerprint density at radius 1 is 0.625 bits per heavy atom. The van der Waals surface area contributed by atoms with Gasteiger partial charge in [0.05, 0.1) is 17.4 Å². The van der Waals surface area contributed by atoms with Gasteiger partial charge in [0.2, 0.25) is 6.67 Å². The minimum absolute atomic E-state index is 0. The second-order valence-corrected chi connectivity index (χ2v) is 12.4. The second kappa shape index (κ2) is 13.8. The van der Waals surface area contributed by atoms with Gasteiger partial charge in [0.25, 0.3) is 0 Å². The zero-order valence-corrected chi connectivity index (χ0v) is 27.3. The van der Waals surface area contributed by atoms with Crippen LogP contribution < -0.4 is 9.80 Å². The van der Waals surface area contributed by atoms with Gasteiger partial charge < -0.3 is 9.80 Å². The predicted molar refractivity (Wildman–Crippen MR) is 151 cm³/mol. The zero-order valence-electron chi connectivity index (χ0n) is 24.3. The van der Waals surface area contributed by atoms with Gasteiger partial charge in [0, 0.05) is 19.3 Å². The largest absolute Gasteiger partial charge is 1.00 e.